The molecule has 8 heteroatoms. The second-order valence-electron chi connectivity index (χ2n) is 4.71. The van der Waals surface area contributed by atoms with Crippen LogP contribution in [0.5, 0.6) is 0 Å². The lowest BCUT2D eigenvalue weighted by Gasteiger charge is -2.36. The first-order valence-electron chi connectivity index (χ1n) is 6.37. The molecule has 0 aliphatic carbocycles. The molecular formula is C12H15ClN6O. The van der Waals surface area contributed by atoms with E-state index in [1.807, 2.05) is 17.8 Å². The summed E-state index contributed by atoms with van der Waals surface area (Å²) in [6.07, 6.45) is 5.32. The summed E-state index contributed by atoms with van der Waals surface area (Å²) < 4.78 is 2.00. The molecule has 0 aromatic carbocycles. The first-order valence-corrected chi connectivity index (χ1v) is 6.75. The monoisotopic (exact) mass is 294 g/mol. The minimum atomic E-state index is -0.351. The molecule has 0 radical (unpaired) electrons. The lowest BCUT2D eigenvalue weighted by atomic mass is 10.3. The molecule has 2 aromatic rings. The van der Waals surface area contributed by atoms with Crippen molar-refractivity contribution in [3.63, 3.8) is 0 Å². The number of nitrogens with zero attached hydrogens (tertiary/aromatic N) is 5. The van der Waals surface area contributed by atoms with E-state index in [0.29, 0.717) is 5.69 Å². The van der Waals surface area contributed by atoms with Crippen LogP contribution in [0.4, 0.5) is 11.6 Å². The molecule has 1 fully saturated rings. The Balaban J connectivity index is 1.74. The summed E-state index contributed by atoms with van der Waals surface area (Å²) in [4.78, 5) is 20.1. The van der Waals surface area contributed by atoms with Crippen molar-refractivity contribution in [1.82, 2.24) is 19.7 Å². The third-order valence-electron chi connectivity index (χ3n) is 3.48. The molecule has 1 aliphatic heterocycles. The van der Waals surface area contributed by atoms with Gasteiger partial charge in [0.15, 0.2) is 0 Å². The number of nitrogens with one attached hydrogen (secondary N) is 1. The van der Waals surface area contributed by atoms with E-state index in [1.54, 1.807) is 12.4 Å². The van der Waals surface area contributed by atoms with Crippen molar-refractivity contribution in [2.75, 3.05) is 36.0 Å². The van der Waals surface area contributed by atoms with Gasteiger partial charge in [0, 0.05) is 45.6 Å². The van der Waals surface area contributed by atoms with Gasteiger partial charge in [-0.25, -0.2) is 10.1 Å². The van der Waals surface area contributed by atoms with Gasteiger partial charge in [0.25, 0.3) is 5.56 Å². The van der Waals surface area contributed by atoms with E-state index in [1.165, 1.54) is 0 Å². The van der Waals surface area contributed by atoms with Crippen LogP contribution >= 0.6 is 11.6 Å². The predicted octanol–water partition coefficient (Wildman–Crippen LogP) is 0.483. The summed E-state index contributed by atoms with van der Waals surface area (Å²) in [5, 5.41) is 6.34. The number of hydrogen-bond acceptors (Lipinski definition) is 5. The zero-order valence-corrected chi connectivity index (χ0v) is 11.8. The molecule has 0 saturated carbocycles. The summed E-state index contributed by atoms with van der Waals surface area (Å²) in [6.45, 7) is 3.21. The Morgan fingerprint density at radius 2 is 1.95 bits per heavy atom. The first-order chi connectivity index (χ1) is 9.66. The second kappa shape index (κ2) is 5.16. The molecule has 7 nitrogen and oxygen atoms in total. The summed E-state index contributed by atoms with van der Waals surface area (Å²) in [5.74, 6) is 0.958. The summed E-state index contributed by atoms with van der Waals surface area (Å²) in [6, 6.07) is 0. The highest BCUT2D eigenvalue weighted by Crippen LogP contribution is 2.23. The van der Waals surface area contributed by atoms with E-state index in [2.05, 4.69) is 25.0 Å². The quantitative estimate of drug-likeness (QED) is 0.872. The van der Waals surface area contributed by atoms with Gasteiger partial charge in [-0.05, 0) is 0 Å². The first kappa shape index (κ1) is 13.0. The van der Waals surface area contributed by atoms with Gasteiger partial charge < -0.3 is 14.4 Å². The van der Waals surface area contributed by atoms with Crippen molar-refractivity contribution in [3.8, 4) is 0 Å². The maximum Gasteiger partial charge on any atom is 0.285 e. The number of rotatable bonds is 2. The van der Waals surface area contributed by atoms with Crippen molar-refractivity contribution >= 4 is 23.2 Å². The number of halogens is 1. The molecule has 106 valence electrons. The molecule has 0 atom stereocenters. The third-order valence-corrected chi connectivity index (χ3v) is 3.84. The van der Waals surface area contributed by atoms with Gasteiger partial charge in [0.2, 0.25) is 5.95 Å². The average Bonchev–Trinajstić information content (AvgIpc) is 2.88. The molecule has 3 heterocycles. The lowest BCUT2D eigenvalue weighted by Crippen LogP contribution is -2.47. The third kappa shape index (κ3) is 2.24. The van der Waals surface area contributed by atoms with E-state index < -0.39 is 0 Å². The Bertz CT molecular complexity index is 658. The van der Waals surface area contributed by atoms with E-state index in [0.717, 1.165) is 32.1 Å². The van der Waals surface area contributed by atoms with Gasteiger partial charge in [-0.15, -0.1) is 0 Å². The van der Waals surface area contributed by atoms with E-state index in [4.69, 9.17) is 11.6 Å². The normalized spacial score (nSPS) is 15.7. The zero-order chi connectivity index (χ0) is 14.1. The highest BCUT2D eigenvalue weighted by Gasteiger charge is 2.22. The molecule has 3 rings (SSSR count). The maximum atomic E-state index is 11.5. The number of aromatic nitrogens is 4. The summed E-state index contributed by atoms with van der Waals surface area (Å²) in [7, 11) is 1.98. The molecular weight excluding hydrogens is 280 g/mol. The summed E-state index contributed by atoms with van der Waals surface area (Å²) in [5.41, 5.74) is 0.339. The van der Waals surface area contributed by atoms with Crippen molar-refractivity contribution in [3.05, 3.63) is 34.0 Å². The fourth-order valence-corrected chi connectivity index (χ4v) is 2.61. The lowest BCUT2D eigenvalue weighted by molar-refractivity contribution is 0.628. The van der Waals surface area contributed by atoms with E-state index in [-0.39, 0.29) is 10.6 Å². The Labute approximate surface area is 120 Å². The van der Waals surface area contributed by atoms with Crippen molar-refractivity contribution in [2.24, 2.45) is 7.05 Å². The average molecular weight is 295 g/mol. The van der Waals surface area contributed by atoms with Gasteiger partial charge in [0.05, 0.1) is 11.9 Å². The van der Waals surface area contributed by atoms with Gasteiger partial charge in [0.1, 0.15) is 5.02 Å². The zero-order valence-electron chi connectivity index (χ0n) is 11.1. The van der Waals surface area contributed by atoms with E-state index in [9.17, 15) is 4.79 Å². The number of imidazole rings is 1. The standard InChI is InChI=1S/C12H15ClN6O/c1-17-3-2-14-12(17)19-6-4-18(5-7-19)9-8-15-16-11(20)10(9)13/h2-3,8H,4-7H2,1H3,(H,16,20). The number of piperazine rings is 1. The number of aryl methyl sites for hydroxylation is 1. The Hall–Kier alpha value is -2.02. The van der Waals surface area contributed by atoms with Crippen molar-refractivity contribution in [2.45, 2.75) is 0 Å². The highest BCUT2D eigenvalue weighted by atomic mass is 35.5. The van der Waals surface area contributed by atoms with Gasteiger partial charge in [-0.2, -0.15) is 5.10 Å². The minimum absolute atomic E-state index is 0.199. The van der Waals surface area contributed by atoms with Gasteiger partial charge in [-0.1, -0.05) is 11.6 Å². The Morgan fingerprint density at radius 3 is 2.60 bits per heavy atom. The number of hydrogen-bond donors (Lipinski definition) is 1. The summed E-state index contributed by atoms with van der Waals surface area (Å²) >= 11 is 6.03. The van der Waals surface area contributed by atoms with E-state index >= 15 is 0 Å². The van der Waals surface area contributed by atoms with Crippen molar-refractivity contribution in [1.29, 1.82) is 0 Å². The molecule has 0 bridgehead atoms. The number of H-pyrrole nitrogens is 1. The van der Waals surface area contributed by atoms with Crippen LogP contribution in [0, 0.1) is 0 Å². The molecule has 1 N–H and O–H groups in total. The predicted molar refractivity (Wildman–Crippen MR) is 77.5 cm³/mol. The molecule has 1 aliphatic rings. The minimum Gasteiger partial charge on any atom is -0.365 e. The van der Waals surface area contributed by atoms with Crippen LogP contribution in [0.15, 0.2) is 23.4 Å². The Kier molecular flexibility index (Phi) is 3.35. The SMILES string of the molecule is Cn1ccnc1N1CCN(c2cn[nH]c(=O)c2Cl)CC1. The number of aromatic amines is 1. The molecule has 20 heavy (non-hydrogen) atoms. The van der Waals surface area contributed by atoms with Crippen LogP contribution < -0.4 is 15.4 Å². The van der Waals surface area contributed by atoms with Crippen LogP contribution in [0.25, 0.3) is 0 Å². The van der Waals surface area contributed by atoms with Crippen LogP contribution in [0.2, 0.25) is 5.02 Å². The van der Waals surface area contributed by atoms with Crippen LogP contribution in [0.3, 0.4) is 0 Å². The van der Waals surface area contributed by atoms with Crippen molar-refractivity contribution < 1.29 is 0 Å². The highest BCUT2D eigenvalue weighted by molar-refractivity contribution is 6.33. The number of anilines is 2. The van der Waals surface area contributed by atoms with Crippen LogP contribution in [0.1, 0.15) is 0 Å². The molecule has 0 spiro atoms. The molecule has 1 saturated heterocycles. The molecule has 0 amide bonds. The maximum absolute atomic E-state index is 11.5. The van der Waals surface area contributed by atoms with Gasteiger partial charge >= 0.3 is 0 Å². The molecule has 2 aromatic heterocycles. The topological polar surface area (TPSA) is 70.1 Å². The molecule has 0 unspecified atom stereocenters. The smallest absolute Gasteiger partial charge is 0.285 e. The second-order valence-corrected chi connectivity index (χ2v) is 5.09. The fourth-order valence-electron chi connectivity index (χ4n) is 2.40. The van der Waals surface area contributed by atoms with Crippen LogP contribution in [-0.4, -0.2) is 45.9 Å². The Morgan fingerprint density at radius 1 is 1.25 bits per heavy atom. The van der Waals surface area contributed by atoms with Crippen LogP contribution in [-0.2, 0) is 7.05 Å². The largest absolute Gasteiger partial charge is 0.365 e. The fraction of sp³-hybridized carbons (Fsp3) is 0.417. The van der Waals surface area contributed by atoms with Gasteiger partial charge in [-0.3, -0.25) is 4.79 Å².